The van der Waals surface area contributed by atoms with E-state index in [1.807, 2.05) is 44.2 Å². The van der Waals surface area contributed by atoms with Crippen molar-refractivity contribution in [2.75, 3.05) is 5.32 Å². The molecule has 0 bridgehead atoms. The fraction of sp³-hybridized carbons (Fsp3) is 0.167. The van der Waals surface area contributed by atoms with Gasteiger partial charge in [0, 0.05) is 11.3 Å². The lowest BCUT2D eigenvalue weighted by atomic mass is 10.1. The first-order chi connectivity index (χ1) is 12.0. The zero-order chi connectivity index (χ0) is 17.8. The second-order valence-electron chi connectivity index (χ2n) is 5.62. The second kappa shape index (κ2) is 7.63. The first-order valence-corrected chi connectivity index (χ1v) is 8.51. The predicted molar refractivity (Wildman–Crippen MR) is 104 cm³/mol. The van der Waals surface area contributed by atoms with Crippen LogP contribution < -0.4 is 10.6 Å². The molecule has 0 aliphatic rings. The molecule has 7 heteroatoms. The quantitative estimate of drug-likeness (QED) is 0.658. The van der Waals surface area contributed by atoms with Gasteiger partial charge >= 0.3 is 0 Å². The molecule has 0 spiro atoms. The standard InChI is InChI=1S/C18H17ClN4OS/c1-11-7-8-12(2)15(9-11)21-18(25)20-10-16-22-17(23-24-16)13-5-3-4-6-14(13)19/h3-9H,10H2,1-2H3,(H2,20,21,25). The van der Waals surface area contributed by atoms with Crippen molar-refractivity contribution in [3.63, 3.8) is 0 Å². The third-order valence-corrected chi connectivity index (χ3v) is 4.20. The van der Waals surface area contributed by atoms with Gasteiger partial charge in [0.25, 0.3) is 0 Å². The average Bonchev–Trinajstić information content (AvgIpc) is 3.05. The number of hydrogen-bond acceptors (Lipinski definition) is 4. The molecule has 0 unspecified atom stereocenters. The first kappa shape index (κ1) is 17.4. The molecular formula is C18H17ClN4OS. The Balaban J connectivity index is 1.61. The third-order valence-electron chi connectivity index (χ3n) is 3.62. The molecule has 2 aromatic carbocycles. The Morgan fingerprint density at radius 1 is 1.20 bits per heavy atom. The normalized spacial score (nSPS) is 10.5. The lowest BCUT2D eigenvalue weighted by molar-refractivity contribution is 0.376. The van der Waals surface area contributed by atoms with Gasteiger partial charge in [-0.2, -0.15) is 4.98 Å². The van der Waals surface area contributed by atoms with E-state index in [1.165, 1.54) is 0 Å². The van der Waals surface area contributed by atoms with Gasteiger partial charge < -0.3 is 15.2 Å². The number of aryl methyl sites for hydroxylation is 2. The van der Waals surface area contributed by atoms with E-state index < -0.39 is 0 Å². The van der Waals surface area contributed by atoms with Gasteiger partial charge in [0.2, 0.25) is 11.7 Å². The zero-order valence-corrected chi connectivity index (χ0v) is 15.4. The Kier molecular flexibility index (Phi) is 5.31. The van der Waals surface area contributed by atoms with Crippen LogP contribution in [0.2, 0.25) is 5.02 Å². The summed E-state index contributed by atoms with van der Waals surface area (Å²) in [4.78, 5) is 4.34. The lowest BCUT2D eigenvalue weighted by Gasteiger charge is -2.12. The monoisotopic (exact) mass is 372 g/mol. The van der Waals surface area contributed by atoms with Crippen molar-refractivity contribution in [1.82, 2.24) is 15.5 Å². The van der Waals surface area contributed by atoms with Crippen LogP contribution in [0.3, 0.4) is 0 Å². The second-order valence-corrected chi connectivity index (χ2v) is 6.43. The van der Waals surface area contributed by atoms with E-state index in [9.17, 15) is 0 Å². The molecule has 5 nitrogen and oxygen atoms in total. The van der Waals surface area contributed by atoms with Gasteiger partial charge in [-0.3, -0.25) is 0 Å². The molecule has 0 saturated carbocycles. The molecule has 0 saturated heterocycles. The fourth-order valence-electron chi connectivity index (χ4n) is 2.27. The zero-order valence-electron chi connectivity index (χ0n) is 13.8. The van der Waals surface area contributed by atoms with E-state index in [4.69, 9.17) is 28.3 Å². The minimum atomic E-state index is 0.328. The Morgan fingerprint density at radius 2 is 2.00 bits per heavy atom. The summed E-state index contributed by atoms with van der Waals surface area (Å²) in [7, 11) is 0. The van der Waals surface area contributed by atoms with Crippen molar-refractivity contribution in [3.05, 3.63) is 64.5 Å². The minimum absolute atomic E-state index is 0.328. The van der Waals surface area contributed by atoms with Crippen molar-refractivity contribution in [2.45, 2.75) is 20.4 Å². The van der Waals surface area contributed by atoms with Gasteiger partial charge in [-0.15, -0.1) is 0 Å². The molecule has 1 aromatic heterocycles. The molecule has 3 aromatic rings. The van der Waals surface area contributed by atoms with Crippen molar-refractivity contribution in [3.8, 4) is 11.4 Å². The average molecular weight is 373 g/mol. The summed E-state index contributed by atoms with van der Waals surface area (Å²) >= 11 is 11.5. The van der Waals surface area contributed by atoms with Crippen LogP contribution in [0, 0.1) is 13.8 Å². The summed E-state index contributed by atoms with van der Waals surface area (Å²) in [5.41, 5.74) is 3.99. The van der Waals surface area contributed by atoms with Crippen LogP contribution in [0.1, 0.15) is 17.0 Å². The Bertz CT molecular complexity index is 910. The highest BCUT2D eigenvalue weighted by Crippen LogP contribution is 2.24. The molecule has 3 rings (SSSR count). The van der Waals surface area contributed by atoms with Crippen LogP contribution >= 0.6 is 23.8 Å². The number of thiocarbonyl (C=S) groups is 1. The minimum Gasteiger partial charge on any atom is -0.353 e. The fourth-order valence-corrected chi connectivity index (χ4v) is 2.67. The summed E-state index contributed by atoms with van der Waals surface area (Å²) < 4.78 is 5.25. The molecule has 0 radical (unpaired) electrons. The number of nitrogens with zero attached hydrogens (tertiary/aromatic N) is 2. The Morgan fingerprint density at radius 3 is 2.80 bits per heavy atom. The van der Waals surface area contributed by atoms with E-state index in [0.29, 0.717) is 28.4 Å². The highest BCUT2D eigenvalue weighted by molar-refractivity contribution is 7.80. The Labute approximate surface area is 156 Å². The topological polar surface area (TPSA) is 63.0 Å². The molecule has 2 N–H and O–H groups in total. The van der Waals surface area contributed by atoms with Crippen molar-refractivity contribution >= 4 is 34.6 Å². The Hall–Kier alpha value is -2.44. The number of aromatic nitrogens is 2. The molecular weight excluding hydrogens is 356 g/mol. The summed E-state index contributed by atoms with van der Waals surface area (Å²) in [6.45, 7) is 4.39. The highest BCUT2D eigenvalue weighted by atomic mass is 35.5. The smallest absolute Gasteiger partial charge is 0.246 e. The number of halogens is 1. The van der Waals surface area contributed by atoms with E-state index in [0.717, 1.165) is 22.4 Å². The number of nitrogens with one attached hydrogen (secondary N) is 2. The van der Waals surface area contributed by atoms with E-state index in [2.05, 4.69) is 26.8 Å². The van der Waals surface area contributed by atoms with Crippen LogP contribution in [-0.4, -0.2) is 15.3 Å². The van der Waals surface area contributed by atoms with Gasteiger partial charge in [0.05, 0.1) is 11.6 Å². The SMILES string of the molecule is Cc1ccc(C)c(NC(=S)NCc2nc(-c3ccccc3Cl)no2)c1. The molecule has 0 amide bonds. The van der Waals surface area contributed by atoms with Crippen LogP contribution in [0.15, 0.2) is 47.0 Å². The molecule has 0 atom stereocenters. The molecule has 0 fully saturated rings. The molecule has 1 heterocycles. The molecule has 25 heavy (non-hydrogen) atoms. The number of rotatable bonds is 4. The van der Waals surface area contributed by atoms with Gasteiger partial charge in [0.15, 0.2) is 5.11 Å². The summed E-state index contributed by atoms with van der Waals surface area (Å²) in [5, 5.41) is 11.3. The summed E-state index contributed by atoms with van der Waals surface area (Å²) in [6, 6.07) is 13.5. The maximum Gasteiger partial charge on any atom is 0.246 e. The van der Waals surface area contributed by atoms with Crippen LogP contribution in [0.25, 0.3) is 11.4 Å². The van der Waals surface area contributed by atoms with Gasteiger partial charge in [0.1, 0.15) is 0 Å². The molecule has 0 aliphatic heterocycles. The van der Waals surface area contributed by atoms with Gasteiger partial charge in [-0.05, 0) is 55.4 Å². The number of anilines is 1. The largest absolute Gasteiger partial charge is 0.353 e. The van der Waals surface area contributed by atoms with Crippen LogP contribution in [0.5, 0.6) is 0 Å². The molecule has 0 aliphatic carbocycles. The maximum absolute atomic E-state index is 6.15. The third kappa shape index (κ3) is 4.35. The predicted octanol–water partition coefficient (Wildman–Crippen LogP) is 4.49. The van der Waals surface area contributed by atoms with Crippen LogP contribution in [0.4, 0.5) is 5.69 Å². The van der Waals surface area contributed by atoms with Crippen molar-refractivity contribution in [1.29, 1.82) is 0 Å². The molecule has 128 valence electrons. The van der Waals surface area contributed by atoms with Gasteiger partial charge in [-0.25, -0.2) is 0 Å². The van der Waals surface area contributed by atoms with E-state index in [-0.39, 0.29) is 0 Å². The number of hydrogen-bond donors (Lipinski definition) is 2. The summed E-state index contributed by atoms with van der Waals surface area (Å²) in [5.74, 6) is 0.885. The van der Waals surface area contributed by atoms with E-state index >= 15 is 0 Å². The van der Waals surface area contributed by atoms with Crippen LogP contribution in [-0.2, 0) is 6.54 Å². The first-order valence-electron chi connectivity index (χ1n) is 7.72. The highest BCUT2D eigenvalue weighted by Gasteiger charge is 2.11. The van der Waals surface area contributed by atoms with Crippen molar-refractivity contribution in [2.24, 2.45) is 0 Å². The van der Waals surface area contributed by atoms with Crippen molar-refractivity contribution < 1.29 is 4.52 Å². The summed E-state index contributed by atoms with van der Waals surface area (Å²) in [6.07, 6.45) is 0. The van der Waals surface area contributed by atoms with E-state index in [1.54, 1.807) is 6.07 Å². The van der Waals surface area contributed by atoms with Gasteiger partial charge in [-0.1, -0.05) is 41.0 Å². The number of benzene rings is 2. The lowest BCUT2D eigenvalue weighted by Crippen LogP contribution is -2.28. The maximum atomic E-state index is 6.15.